The van der Waals surface area contributed by atoms with Gasteiger partial charge in [0.05, 0.1) is 6.61 Å². The van der Waals surface area contributed by atoms with Crippen LogP contribution in [0.1, 0.15) is 5.56 Å². The summed E-state index contributed by atoms with van der Waals surface area (Å²) in [6, 6.07) is 5.10. The molecule has 2 rings (SSSR count). The van der Waals surface area contributed by atoms with Gasteiger partial charge in [0.1, 0.15) is 5.82 Å². The van der Waals surface area contributed by atoms with E-state index in [9.17, 15) is 4.39 Å². The van der Waals surface area contributed by atoms with E-state index in [1.165, 1.54) is 29.2 Å². The number of methoxy groups -OCH3 is 1. The highest BCUT2D eigenvalue weighted by atomic mass is 32.2. The van der Waals surface area contributed by atoms with Crippen LogP contribution in [0.2, 0.25) is 0 Å². The molecule has 0 aliphatic heterocycles. The third-order valence-corrected chi connectivity index (χ3v) is 5.67. The van der Waals surface area contributed by atoms with E-state index in [1.807, 2.05) is 12.3 Å². The molecule has 1 aromatic carbocycles. The van der Waals surface area contributed by atoms with Crippen molar-refractivity contribution < 1.29 is 9.13 Å². The Kier molecular flexibility index (Phi) is 6.91. The molecule has 0 fully saturated rings. The lowest BCUT2D eigenvalue weighted by Crippen LogP contribution is -2.19. The van der Waals surface area contributed by atoms with Crippen molar-refractivity contribution in [3.8, 4) is 0 Å². The molecule has 0 saturated carbocycles. The van der Waals surface area contributed by atoms with Gasteiger partial charge in [0.2, 0.25) is 0 Å². The first kappa shape index (κ1) is 16.7. The van der Waals surface area contributed by atoms with Gasteiger partial charge < -0.3 is 10.1 Å². The molecule has 114 valence electrons. The average Bonchev–Trinajstić information content (AvgIpc) is 2.93. The summed E-state index contributed by atoms with van der Waals surface area (Å²) in [5, 5.41) is 11.3. The van der Waals surface area contributed by atoms with Crippen LogP contribution < -0.4 is 5.32 Å². The molecule has 0 saturated heterocycles. The summed E-state index contributed by atoms with van der Waals surface area (Å²) in [6.45, 7) is 1.75. The fraction of sp³-hybridized carbons (Fsp3) is 0.385. The van der Waals surface area contributed by atoms with E-state index in [0.29, 0.717) is 25.3 Å². The zero-order valence-corrected chi connectivity index (χ0v) is 14.2. The van der Waals surface area contributed by atoms with E-state index >= 15 is 0 Å². The van der Waals surface area contributed by atoms with Gasteiger partial charge in [0, 0.05) is 30.7 Å². The highest BCUT2D eigenvalue weighted by Gasteiger charge is 2.12. The number of hydrogen-bond acceptors (Lipinski definition) is 7. The maximum atomic E-state index is 14.0. The van der Waals surface area contributed by atoms with E-state index in [2.05, 4.69) is 15.5 Å². The third kappa shape index (κ3) is 4.93. The van der Waals surface area contributed by atoms with E-state index in [4.69, 9.17) is 4.74 Å². The van der Waals surface area contributed by atoms with Crippen molar-refractivity contribution in [2.45, 2.75) is 20.1 Å². The van der Waals surface area contributed by atoms with Gasteiger partial charge in [-0.25, -0.2) is 4.39 Å². The minimum Gasteiger partial charge on any atom is -0.383 e. The number of aromatic nitrogens is 2. The molecule has 2 aromatic rings. The van der Waals surface area contributed by atoms with Crippen LogP contribution in [-0.4, -0.2) is 36.7 Å². The number of hydrogen-bond donors (Lipinski definition) is 1. The van der Waals surface area contributed by atoms with Crippen LogP contribution in [0.3, 0.4) is 0 Å². The summed E-state index contributed by atoms with van der Waals surface area (Å²) >= 11 is 4.52. The van der Waals surface area contributed by atoms with Crippen LogP contribution >= 0.6 is 34.9 Å². The van der Waals surface area contributed by atoms with Gasteiger partial charge in [-0.2, -0.15) is 0 Å². The molecule has 0 spiro atoms. The lowest BCUT2D eigenvalue weighted by Gasteiger charge is -2.10. The molecule has 0 atom stereocenters. The molecule has 0 radical (unpaired) electrons. The number of halogens is 1. The lowest BCUT2D eigenvalue weighted by molar-refractivity contribution is 0.199. The molecule has 1 aromatic heterocycles. The Balaban J connectivity index is 2.09. The van der Waals surface area contributed by atoms with Crippen molar-refractivity contribution in [1.82, 2.24) is 15.5 Å². The Morgan fingerprint density at radius 2 is 2.14 bits per heavy atom. The zero-order chi connectivity index (χ0) is 15.1. The van der Waals surface area contributed by atoms with Crippen molar-refractivity contribution in [2.75, 3.05) is 26.5 Å². The van der Waals surface area contributed by atoms with E-state index in [0.717, 1.165) is 13.6 Å². The molecule has 0 bridgehead atoms. The summed E-state index contributed by atoms with van der Waals surface area (Å²) in [4.78, 5) is 0.865. The van der Waals surface area contributed by atoms with Crippen LogP contribution in [0.5, 0.6) is 0 Å². The molecular weight excluding hydrogens is 329 g/mol. The molecule has 1 heterocycles. The van der Waals surface area contributed by atoms with E-state index < -0.39 is 0 Å². The normalized spacial score (nSPS) is 11.0. The monoisotopic (exact) mass is 345 g/mol. The first-order chi connectivity index (χ1) is 10.2. The largest absolute Gasteiger partial charge is 0.383 e. The molecule has 4 nitrogen and oxygen atoms in total. The number of benzene rings is 1. The molecule has 1 N–H and O–H groups in total. The summed E-state index contributed by atoms with van der Waals surface area (Å²) < 4.78 is 20.7. The second kappa shape index (κ2) is 8.70. The number of nitrogens with one attached hydrogen (secondary N) is 1. The fourth-order valence-corrected chi connectivity index (χ4v) is 4.15. The Labute approximate surface area is 135 Å². The smallest absolute Gasteiger partial charge is 0.179 e. The van der Waals surface area contributed by atoms with Gasteiger partial charge in [-0.1, -0.05) is 40.9 Å². The highest BCUT2D eigenvalue weighted by molar-refractivity contribution is 8.03. The van der Waals surface area contributed by atoms with Gasteiger partial charge in [-0.15, -0.1) is 10.2 Å². The second-order valence-corrected chi connectivity index (χ2v) is 7.35. The standard InChI is InChI=1S/C13H16FN3OS3/c1-18-7-6-15-8-9-10(14)4-3-5-11(9)20-13-17-16-12(19-2)21-13/h3-5,15H,6-8H2,1-2H3. The first-order valence-corrected chi connectivity index (χ1v) is 9.12. The molecule has 21 heavy (non-hydrogen) atoms. The minimum absolute atomic E-state index is 0.209. The molecule has 0 aliphatic carbocycles. The minimum atomic E-state index is -0.209. The predicted molar refractivity (Wildman–Crippen MR) is 85.8 cm³/mol. The number of thioether (sulfide) groups is 1. The van der Waals surface area contributed by atoms with Crippen molar-refractivity contribution in [3.05, 3.63) is 29.6 Å². The Morgan fingerprint density at radius 1 is 1.33 bits per heavy atom. The van der Waals surface area contributed by atoms with E-state index in [1.54, 1.807) is 24.9 Å². The second-order valence-electron chi connectivity index (χ2n) is 4.03. The van der Waals surface area contributed by atoms with Gasteiger partial charge in [0.25, 0.3) is 0 Å². The topological polar surface area (TPSA) is 47.0 Å². The molecule has 0 unspecified atom stereocenters. The van der Waals surface area contributed by atoms with Crippen LogP contribution in [0.15, 0.2) is 31.8 Å². The first-order valence-electron chi connectivity index (χ1n) is 6.27. The quantitative estimate of drug-likeness (QED) is 0.585. The fourth-order valence-electron chi connectivity index (χ4n) is 1.61. The summed E-state index contributed by atoms with van der Waals surface area (Å²) in [7, 11) is 1.64. The van der Waals surface area contributed by atoms with E-state index in [-0.39, 0.29) is 5.82 Å². The maximum Gasteiger partial charge on any atom is 0.179 e. The summed E-state index contributed by atoms with van der Waals surface area (Å²) in [6.07, 6.45) is 1.96. The predicted octanol–water partition coefficient (Wildman–Crippen LogP) is 3.29. The number of nitrogens with zero attached hydrogens (tertiary/aromatic N) is 2. The molecule has 8 heteroatoms. The van der Waals surface area contributed by atoms with Gasteiger partial charge >= 0.3 is 0 Å². The van der Waals surface area contributed by atoms with Crippen molar-refractivity contribution in [3.63, 3.8) is 0 Å². The SMILES string of the molecule is COCCNCc1c(F)cccc1Sc1nnc(SC)s1. The molecule has 0 amide bonds. The third-order valence-electron chi connectivity index (χ3n) is 2.62. The van der Waals surface area contributed by atoms with Crippen molar-refractivity contribution >= 4 is 34.9 Å². The van der Waals surface area contributed by atoms with Gasteiger partial charge in [-0.05, 0) is 18.4 Å². The molecular formula is C13H16FN3OS3. The highest BCUT2D eigenvalue weighted by Crippen LogP contribution is 2.35. The summed E-state index contributed by atoms with van der Waals surface area (Å²) in [5.74, 6) is -0.209. The Bertz CT molecular complexity index is 580. The lowest BCUT2D eigenvalue weighted by atomic mass is 10.2. The average molecular weight is 345 g/mol. The Morgan fingerprint density at radius 3 is 2.86 bits per heavy atom. The zero-order valence-electron chi connectivity index (χ0n) is 11.8. The van der Waals surface area contributed by atoms with Crippen LogP contribution in [0.25, 0.3) is 0 Å². The van der Waals surface area contributed by atoms with Gasteiger partial charge in [-0.3, -0.25) is 0 Å². The van der Waals surface area contributed by atoms with Crippen LogP contribution in [-0.2, 0) is 11.3 Å². The van der Waals surface area contributed by atoms with Crippen LogP contribution in [0.4, 0.5) is 4.39 Å². The Hall–Kier alpha value is -0.670. The summed E-state index contributed by atoms with van der Waals surface area (Å²) in [5.41, 5.74) is 0.652. The number of ether oxygens (including phenoxy) is 1. The van der Waals surface area contributed by atoms with Gasteiger partial charge in [0.15, 0.2) is 8.68 Å². The van der Waals surface area contributed by atoms with Crippen molar-refractivity contribution in [1.29, 1.82) is 0 Å². The molecule has 0 aliphatic rings. The number of rotatable bonds is 8. The maximum absolute atomic E-state index is 14.0. The van der Waals surface area contributed by atoms with Crippen molar-refractivity contribution in [2.24, 2.45) is 0 Å². The van der Waals surface area contributed by atoms with Crippen LogP contribution in [0, 0.1) is 5.82 Å².